The number of fused-ring (bicyclic) bond motifs is 1. The minimum absolute atomic E-state index is 0.106. The minimum Gasteiger partial charge on any atom is -0.486 e. The highest BCUT2D eigenvalue weighted by Gasteiger charge is 2.16. The third-order valence-corrected chi connectivity index (χ3v) is 4.81. The highest BCUT2D eigenvalue weighted by atomic mass is 79.9. The Balaban J connectivity index is 1.93. The maximum atomic E-state index is 6.07. The fraction of sp³-hybridized carbons (Fsp3) is 0.250. The van der Waals surface area contributed by atoms with Gasteiger partial charge in [0.05, 0.1) is 4.83 Å². The second kappa shape index (κ2) is 5.66. The second-order valence-corrected chi connectivity index (χ2v) is 6.10. The van der Waals surface area contributed by atoms with Gasteiger partial charge in [0.15, 0.2) is 11.5 Å². The number of hydrogen-bond acceptors (Lipinski definition) is 2. The lowest BCUT2D eigenvalue weighted by atomic mass is 10.0. The Kier molecular flexibility index (Phi) is 3.90. The lowest BCUT2D eigenvalue weighted by molar-refractivity contribution is 0.171. The lowest BCUT2D eigenvalue weighted by Gasteiger charge is -2.20. The highest BCUT2D eigenvalue weighted by molar-refractivity contribution is 9.09. The third kappa shape index (κ3) is 2.65. The molecule has 1 aliphatic heterocycles. The van der Waals surface area contributed by atoms with Gasteiger partial charge in [-0.25, -0.2) is 0 Å². The smallest absolute Gasteiger partial charge is 0.161 e. The van der Waals surface area contributed by atoms with E-state index in [0.717, 1.165) is 27.6 Å². The molecule has 0 saturated heterocycles. The number of hydrogen-bond donors (Lipinski definition) is 0. The summed E-state index contributed by atoms with van der Waals surface area (Å²) >= 11 is 9.82. The molecule has 2 aromatic carbocycles. The normalized spacial score (nSPS) is 14.9. The molecule has 2 aromatic rings. The van der Waals surface area contributed by atoms with Crippen molar-refractivity contribution in [2.24, 2.45) is 0 Å². The summed E-state index contributed by atoms with van der Waals surface area (Å²) in [6, 6.07) is 12.1. The Morgan fingerprint density at radius 2 is 1.65 bits per heavy atom. The van der Waals surface area contributed by atoms with Gasteiger partial charge in [0.1, 0.15) is 13.2 Å². The van der Waals surface area contributed by atoms with Crippen LogP contribution in [0, 0.1) is 6.92 Å². The van der Waals surface area contributed by atoms with Gasteiger partial charge in [0, 0.05) is 5.02 Å². The van der Waals surface area contributed by atoms with Crippen LogP contribution in [0.4, 0.5) is 0 Å². The monoisotopic (exact) mass is 352 g/mol. The van der Waals surface area contributed by atoms with Crippen LogP contribution >= 0.6 is 27.5 Å². The van der Waals surface area contributed by atoms with Crippen LogP contribution in [-0.4, -0.2) is 13.2 Å². The van der Waals surface area contributed by atoms with E-state index in [1.807, 2.05) is 31.2 Å². The number of ether oxygens (including phenoxy) is 2. The zero-order valence-electron chi connectivity index (χ0n) is 11.0. The van der Waals surface area contributed by atoms with Crippen molar-refractivity contribution in [1.29, 1.82) is 0 Å². The van der Waals surface area contributed by atoms with Crippen molar-refractivity contribution >= 4 is 27.5 Å². The summed E-state index contributed by atoms with van der Waals surface area (Å²) in [4.78, 5) is 0.106. The Labute approximate surface area is 131 Å². The molecule has 1 aliphatic rings. The summed E-state index contributed by atoms with van der Waals surface area (Å²) in [6.07, 6.45) is 0. The van der Waals surface area contributed by atoms with E-state index in [2.05, 4.69) is 28.1 Å². The largest absolute Gasteiger partial charge is 0.486 e. The molecule has 0 N–H and O–H groups in total. The maximum Gasteiger partial charge on any atom is 0.161 e. The number of rotatable bonds is 2. The van der Waals surface area contributed by atoms with E-state index >= 15 is 0 Å². The van der Waals surface area contributed by atoms with Crippen molar-refractivity contribution in [3.8, 4) is 11.5 Å². The molecule has 0 bridgehead atoms. The molecule has 20 heavy (non-hydrogen) atoms. The van der Waals surface area contributed by atoms with E-state index in [1.165, 1.54) is 5.56 Å². The van der Waals surface area contributed by atoms with Crippen LogP contribution in [0.2, 0.25) is 5.02 Å². The molecule has 0 spiro atoms. The van der Waals surface area contributed by atoms with Crippen LogP contribution in [0.25, 0.3) is 0 Å². The number of aryl methyl sites for hydroxylation is 1. The molecule has 0 aliphatic carbocycles. The van der Waals surface area contributed by atoms with Gasteiger partial charge in [-0.1, -0.05) is 45.7 Å². The second-order valence-electron chi connectivity index (χ2n) is 4.77. The van der Waals surface area contributed by atoms with E-state index in [0.29, 0.717) is 13.2 Å². The van der Waals surface area contributed by atoms with E-state index in [4.69, 9.17) is 21.1 Å². The van der Waals surface area contributed by atoms with Crippen LogP contribution in [0.3, 0.4) is 0 Å². The SMILES string of the molecule is Cc1cc(C(Br)c2ccc3c(c2)OCCO3)ccc1Cl. The lowest BCUT2D eigenvalue weighted by Crippen LogP contribution is -2.15. The van der Waals surface area contributed by atoms with Crippen molar-refractivity contribution in [3.63, 3.8) is 0 Å². The molecule has 0 amide bonds. The minimum atomic E-state index is 0.106. The molecule has 0 fully saturated rings. The molecule has 104 valence electrons. The molecule has 2 nitrogen and oxygen atoms in total. The average molecular weight is 354 g/mol. The third-order valence-electron chi connectivity index (χ3n) is 3.33. The molecule has 1 atom stereocenters. The number of halogens is 2. The molecule has 4 heteroatoms. The van der Waals surface area contributed by atoms with Crippen LogP contribution < -0.4 is 9.47 Å². The first-order chi connectivity index (χ1) is 9.65. The van der Waals surface area contributed by atoms with Crippen LogP contribution in [-0.2, 0) is 0 Å². The summed E-state index contributed by atoms with van der Waals surface area (Å²) in [5, 5.41) is 0.788. The molecular formula is C16H14BrClO2. The van der Waals surface area contributed by atoms with Gasteiger partial charge >= 0.3 is 0 Å². The van der Waals surface area contributed by atoms with E-state index in [-0.39, 0.29) is 4.83 Å². The average Bonchev–Trinajstić information content (AvgIpc) is 2.49. The first kappa shape index (κ1) is 13.8. The molecule has 0 saturated carbocycles. The zero-order chi connectivity index (χ0) is 14.1. The molecule has 0 aromatic heterocycles. The van der Waals surface area contributed by atoms with Crippen molar-refractivity contribution in [3.05, 3.63) is 58.1 Å². The van der Waals surface area contributed by atoms with Gasteiger partial charge in [-0.2, -0.15) is 0 Å². The van der Waals surface area contributed by atoms with Crippen LogP contribution in [0.15, 0.2) is 36.4 Å². The van der Waals surface area contributed by atoms with Crippen LogP contribution in [0.5, 0.6) is 11.5 Å². The summed E-state index contributed by atoms with van der Waals surface area (Å²) < 4.78 is 11.2. The fourth-order valence-electron chi connectivity index (χ4n) is 2.24. The van der Waals surface area contributed by atoms with E-state index in [9.17, 15) is 0 Å². The first-order valence-corrected chi connectivity index (χ1v) is 7.74. The maximum absolute atomic E-state index is 6.07. The van der Waals surface area contributed by atoms with Gasteiger partial charge in [0.25, 0.3) is 0 Å². The summed E-state index contributed by atoms with van der Waals surface area (Å²) in [6.45, 7) is 3.22. The van der Waals surface area contributed by atoms with Gasteiger partial charge in [-0.15, -0.1) is 0 Å². The summed E-state index contributed by atoms with van der Waals surface area (Å²) in [5.74, 6) is 1.62. The summed E-state index contributed by atoms with van der Waals surface area (Å²) in [7, 11) is 0. The molecular weight excluding hydrogens is 340 g/mol. The quantitative estimate of drug-likeness (QED) is 0.715. The fourth-order valence-corrected chi connectivity index (χ4v) is 2.92. The summed E-state index contributed by atoms with van der Waals surface area (Å²) in [5.41, 5.74) is 3.38. The van der Waals surface area contributed by atoms with Crippen molar-refractivity contribution < 1.29 is 9.47 Å². The molecule has 3 rings (SSSR count). The van der Waals surface area contributed by atoms with Crippen molar-refractivity contribution in [1.82, 2.24) is 0 Å². The van der Waals surface area contributed by atoms with Gasteiger partial charge in [-0.3, -0.25) is 0 Å². The standard InChI is InChI=1S/C16H14BrClO2/c1-10-8-11(2-4-13(10)18)16(17)12-3-5-14-15(9-12)20-7-6-19-14/h2-5,8-9,16H,6-7H2,1H3. The Hall–Kier alpha value is -1.19. The molecule has 1 unspecified atom stereocenters. The van der Waals surface area contributed by atoms with Crippen molar-refractivity contribution in [2.45, 2.75) is 11.8 Å². The van der Waals surface area contributed by atoms with E-state index < -0.39 is 0 Å². The molecule has 0 radical (unpaired) electrons. The highest BCUT2D eigenvalue weighted by Crippen LogP contribution is 2.38. The topological polar surface area (TPSA) is 18.5 Å². The Morgan fingerprint density at radius 1 is 1.00 bits per heavy atom. The number of benzene rings is 2. The van der Waals surface area contributed by atoms with E-state index in [1.54, 1.807) is 0 Å². The Bertz CT molecular complexity index is 642. The Morgan fingerprint density at radius 3 is 2.40 bits per heavy atom. The van der Waals surface area contributed by atoms with Crippen LogP contribution in [0.1, 0.15) is 21.5 Å². The number of alkyl halides is 1. The predicted octanol–water partition coefficient (Wildman–Crippen LogP) is 4.90. The van der Waals surface area contributed by atoms with Gasteiger partial charge in [0.2, 0.25) is 0 Å². The first-order valence-electron chi connectivity index (χ1n) is 6.45. The van der Waals surface area contributed by atoms with Gasteiger partial charge < -0.3 is 9.47 Å². The van der Waals surface area contributed by atoms with Gasteiger partial charge in [-0.05, 0) is 41.8 Å². The molecule has 1 heterocycles. The predicted molar refractivity (Wildman–Crippen MR) is 84.4 cm³/mol. The zero-order valence-corrected chi connectivity index (χ0v) is 13.4. The van der Waals surface area contributed by atoms with Crippen molar-refractivity contribution in [2.75, 3.05) is 13.2 Å².